The van der Waals surface area contributed by atoms with Crippen LogP contribution >= 0.6 is 0 Å². The molecule has 1 amide bonds. The number of nitrogens with zero attached hydrogens (tertiary/aromatic N) is 3. The van der Waals surface area contributed by atoms with Gasteiger partial charge in [0.25, 0.3) is 5.91 Å². The highest BCUT2D eigenvalue weighted by Crippen LogP contribution is 2.27. The van der Waals surface area contributed by atoms with Crippen molar-refractivity contribution < 1.29 is 4.79 Å². The molecular formula is C12H19N5O. The minimum atomic E-state index is -0.105. The molecule has 6 heteroatoms. The van der Waals surface area contributed by atoms with Crippen molar-refractivity contribution in [2.45, 2.75) is 18.9 Å². The molecule has 3 aliphatic rings. The SMILES string of the molecule is Cn1ncc(N)c1C(=O)NC1CN2CCC1CC2. The summed E-state index contributed by atoms with van der Waals surface area (Å²) in [5.74, 6) is 0.514. The van der Waals surface area contributed by atoms with Crippen LogP contribution in [0.3, 0.4) is 0 Å². The second-order valence-electron chi connectivity index (χ2n) is 5.29. The Morgan fingerprint density at radius 3 is 2.72 bits per heavy atom. The fourth-order valence-corrected chi connectivity index (χ4v) is 3.10. The molecule has 98 valence electrons. The van der Waals surface area contributed by atoms with E-state index in [0.29, 0.717) is 17.3 Å². The van der Waals surface area contributed by atoms with Crippen molar-refractivity contribution >= 4 is 11.6 Å². The van der Waals surface area contributed by atoms with E-state index in [-0.39, 0.29) is 11.9 Å². The summed E-state index contributed by atoms with van der Waals surface area (Å²) in [5.41, 5.74) is 6.67. The Labute approximate surface area is 106 Å². The number of fused-ring (bicyclic) bond motifs is 3. The number of aromatic nitrogens is 2. The fraction of sp³-hybridized carbons (Fsp3) is 0.667. The molecule has 1 aromatic rings. The van der Waals surface area contributed by atoms with E-state index >= 15 is 0 Å². The van der Waals surface area contributed by atoms with Gasteiger partial charge in [-0.25, -0.2) is 0 Å². The Morgan fingerprint density at radius 2 is 2.22 bits per heavy atom. The van der Waals surface area contributed by atoms with E-state index in [0.717, 1.165) is 6.54 Å². The average Bonchev–Trinajstić information content (AvgIpc) is 2.70. The van der Waals surface area contributed by atoms with Crippen LogP contribution < -0.4 is 11.1 Å². The van der Waals surface area contributed by atoms with Crippen LogP contribution in [0.15, 0.2) is 6.20 Å². The molecule has 3 fully saturated rings. The summed E-state index contributed by atoms with van der Waals surface area (Å²) in [5, 5.41) is 7.11. The summed E-state index contributed by atoms with van der Waals surface area (Å²) in [6, 6.07) is 0.259. The number of carbonyl (C=O) groups excluding carboxylic acids is 1. The van der Waals surface area contributed by atoms with Crippen molar-refractivity contribution in [2.24, 2.45) is 13.0 Å². The zero-order chi connectivity index (χ0) is 12.7. The molecule has 0 radical (unpaired) electrons. The van der Waals surface area contributed by atoms with E-state index in [2.05, 4.69) is 15.3 Å². The number of anilines is 1. The Morgan fingerprint density at radius 1 is 1.50 bits per heavy atom. The van der Waals surface area contributed by atoms with Gasteiger partial charge in [-0.05, 0) is 31.8 Å². The van der Waals surface area contributed by atoms with Crippen LogP contribution in [0.1, 0.15) is 23.3 Å². The van der Waals surface area contributed by atoms with E-state index in [1.54, 1.807) is 7.05 Å². The van der Waals surface area contributed by atoms with Crippen LogP contribution in [-0.2, 0) is 7.05 Å². The van der Waals surface area contributed by atoms with E-state index in [1.807, 2.05) is 0 Å². The fourth-order valence-electron chi connectivity index (χ4n) is 3.10. The molecule has 3 aliphatic heterocycles. The molecule has 3 saturated heterocycles. The number of aryl methyl sites for hydroxylation is 1. The maximum atomic E-state index is 12.2. The Kier molecular flexibility index (Phi) is 2.74. The minimum absolute atomic E-state index is 0.105. The zero-order valence-electron chi connectivity index (χ0n) is 10.6. The quantitative estimate of drug-likeness (QED) is 0.763. The molecule has 1 unspecified atom stereocenters. The van der Waals surface area contributed by atoms with E-state index in [1.165, 1.54) is 36.8 Å². The molecule has 3 N–H and O–H groups in total. The van der Waals surface area contributed by atoms with Gasteiger partial charge in [0.05, 0.1) is 11.9 Å². The summed E-state index contributed by atoms with van der Waals surface area (Å²) in [6.45, 7) is 3.31. The normalized spacial score (nSPS) is 30.4. The lowest BCUT2D eigenvalue weighted by Crippen LogP contribution is -2.57. The zero-order valence-corrected chi connectivity index (χ0v) is 10.6. The number of piperidine rings is 3. The van der Waals surface area contributed by atoms with Crippen molar-refractivity contribution in [3.63, 3.8) is 0 Å². The summed E-state index contributed by atoms with van der Waals surface area (Å²) >= 11 is 0. The number of hydrogen-bond donors (Lipinski definition) is 2. The highest BCUT2D eigenvalue weighted by atomic mass is 16.2. The second kappa shape index (κ2) is 4.28. The van der Waals surface area contributed by atoms with Crippen molar-refractivity contribution in [2.75, 3.05) is 25.4 Å². The van der Waals surface area contributed by atoms with Crippen LogP contribution in [0.5, 0.6) is 0 Å². The molecule has 4 rings (SSSR count). The van der Waals surface area contributed by atoms with Crippen LogP contribution in [0, 0.1) is 5.92 Å². The van der Waals surface area contributed by atoms with Crippen molar-refractivity contribution in [1.82, 2.24) is 20.0 Å². The predicted molar refractivity (Wildman–Crippen MR) is 68.0 cm³/mol. The third-order valence-corrected chi connectivity index (χ3v) is 4.15. The largest absolute Gasteiger partial charge is 0.396 e. The number of carbonyl (C=O) groups is 1. The van der Waals surface area contributed by atoms with Crippen LogP contribution in [0.4, 0.5) is 5.69 Å². The van der Waals surface area contributed by atoms with Gasteiger partial charge in [0.15, 0.2) is 0 Å². The molecule has 4 heterocycles. The van der Waals surface area contributed by atoms with Gasteiger partial charge in [-0.2, -0.15) is 5.10 Å². The molecule has 2 bridgehead atoms. The van der Waals surface area contributed by atoms with Gasteiger partial charge >= 0.3 is 0 Å². The Hall–Kier alpha value is -1.56. The Bertz CT molecular complexity index is 442. The minimum Gasteiger partial charge on any atom is -0.396 e. The molecule has 1 atom stereocenters. The molecule has 0 aliphatic carbocycles. The van der Waals surface area contributed by atoms with E-state index in [4.69, 9.17) is 5.73 Å². The molecule has 1 aromatic heterocycles. The third kappa shape index (κ3) is 1.86. The lowest BCUT2D eigenvalue weighted by molar-refractivity contribution is 0.0616. The van der Waals surface area contributed by atoms with Crippen molar-refractivity contribution in [1.29, 1.82) is 0 Å². The molecular weight excluding hydrogens is 230 g/mol. The third-order valence-electron chi connectivity index (χ3n) is 4.15. The molecule has 18 heavy (non-hydrogen) atoms. The number of nitrogen functional groups attached to an aromatic ring is 1. The maximum absolute atomic E-state index is 12.2. The summed E-state index contributed by atoms with van der Waals surface area (Å²) < 4.78 is 1.53. The first-order chi connectivity index (χ1) is 8.65. The molecule has 0 saturated carbocycles. The van der Waals surface area contributed by atoms with Gasteiger partial charge in [-0.3, -0.25) is 9.48 Å². The lowest BCUT2D eigenvalue weighted by Gasteiger charge is -2.44. The summed E-state index contributed by atoms with van der Waals surface area (Å²) in [6.07, 6.45) is 3.89. The van der Waals surface area contributed by atoms with Crippen LogP contribution in [-0.4, -0.2) is 46.3 Å². The van der Waals surface area contributed by atoms with Crippen LogP contribution in [0.25, 0.3) is 0 Å². The monoisotopic (exact) mass is 249 g/mol. The van der Waals surface area contributed by atoms with Gasteiger partial charge in [-0.1, -0.05) is 0 Å². The van der Waals surface area contributed by atoms with Gasteiger partial charge < -0.3 is 16.0 Å². The number of nitrogens with two attached hydrogens (primary N) is 1. The first-order valence-electron chi connectivity index (χ1n) is 6.46. The molecule has 6 nitrogen and oxygen atoms in total. The van der Waals surface area contributed by atoms with Gasteiger partial charge in [0.1, 0.15) is 5.69 Å². The van der Waals surface area contributed by atoms with Gasteiger partial charge in [-0.15, -0.1) is 0 Å². The highest BCUT2D eigenvalue weighted by Gasteiger charge is 2.35. The standard InChI is InChI=1S/C12H19N5O/c1-16-11(9(13)6-14-16)12(18)15-10-7-17-4-2-8(10)3-5-17/h6,8,10H,2-5,7,13H2,1H3,(H,15,18). The first-order valence-corrected chi connectivity index (χ1v) is 6.46. The smallest absolute Gasteiger partial charge is 0.271 e. The van der Waals surface area contributed by atoms with E-state index in [9.17, 15) is 4.79 Å². The Balaban J connectivity index is 1.72. The summed E-state index contributed by atoms with van der Waals surface area (Å²) in [4.78, 5) is 14.6. The van der Waals surface area contributed by atoms with Crippen molar-refractivity contribution in [3.8, 4) is 0 Å². The van der Waals surface area contributed by atoms with Crippen LogP contribution in [0.2, 0.25) is 0 Å². The number of rotatable bonds is 2. The lowest BCUT2D eigenvalue weighted by atomic mass is 9.84. The summed E-state index contributed by atoms with van der Waals surface area (Å²) in [7, 11) is 1.74. The number of nitrogens with one attached hydrogen (secondary N) is 1. The van der Waals surface area contributed by atoms with Gasteiger partial charge in [0, 0.05) is 19.6 Å². The van der Waals surface area contributed by atoms with Crippen molar-refractivity contribution in [3.05, 3.63) is 11.9 Å². The number of amides is 1. The van der Waals surface area contributed by atoms with E-state index < -0.39 is 0 Å². The predicted octanol–water partition coefficient (Wildman–Crippen LogP) is -0.174. The van der Waals surface area contributed by atoms with Gasteiger partial charge in [0.2, 0.25) is 0 Å². The number of hydrogen-bond acceptors (Lipinski definition) is 4. The molecule has 0 aromatic carbocycles. The first kappa shape index (κ1) is 11.5. The topological polar surface area (TPSA) is 76.2 Å². The maximum Gasteiger partial charge on any atom is 0.271 e. The average molecular weight is 249 g/mol. The second-order valence-corrected chi connectivity index (χ2v) is 5.29. The molecule has 0 spiro atoms. The highest BCUT2D eigenvalue weighted by molar-refractivity contribution is 5.97.